The largest absolute Gasteiger partial charge is 0.370 e. The summed E-state index contributed by atoms with van der Waals surface area (Å²) < 4.78 is 0. The lowest BCUT2D eigenvalue weighted by atomic mass is 9.97. The van der Waals surface area contributed by atoms with E-state index in [-0.39, 0.29) is 18.7 Å². The second-order valence-corrected chi connectivity index (χ2v) is 5.64. The number of nitrogens with one attached hydrogen (secondary N) is 1. The lowest BCUT2D eigenvalue weighted by Gasteiger charge is -2.10. The Bertz CT molecular complexity index is 857. The lowest BCUT2D eigenvalue weighted by molar-refractivity contribution is -0.122. The second kappa shape index (κ2) is 7.53. The predicted octanol–water partition coefficient (Wildman–Crippen LogP) is 2.17. The van der Waals surface area contributed by atoms with Crippen LogP contribution >= 0.6 is 0 Å². The molecule has 0 bridgehead atoms. The van der Waals surface area contributed by atoms with Gasteiger partial charge < -0.3 is 11.1 Å². The van der Waals surface area contributed by atoms with E-state index in [1.54, 1.807) is 18.5 Å². The number of hydrogen-bond acceptors (Lipinski definition) is 4. The summed E-state index contributed by atoms with van der Waals surface area (Å²) in [4.78, 5) is 31.3. The van der Waals surface area contributed by atoms with Crippen LogP contribution in [-0.2, 0) is 9.59 Å². The van der Waals surface area contributed by atoms with Crippen LogP contribution in [0, 0.1) is 0 Å². The quantitative estimate of drug-likeness (QED) is 0.847. The molecule has 1 aliphatic heterocycles. The molecule has 2 heterocycles. The summed E-state index contributed by atoms with van der Waals surface area (Å²) in [7, 11) is 0. The van der Waals surface area contributed by atoms with Crippen molar-refractivity contribution in [1.82, 2.24) is 4.98 Å². The average molecular weight is 334 g/mol. The number of pyridine rings is 1. The third-order valence-corrected chi connectivity index (χ3v) is 3.81. The minimum Gasteiger partial charge on any atom is -0.370 e. The van der Waals surface area contributed by atoms with Crippen molar-refractivity contribution in [2.45, 2.75) is 12.8 Å². The van der Waals surface area contributed by atoms with Gasteiger partial charge in [-0.1, -0.05) is 18.2 Å². The Hall–Kier alpha value is -3.28. The summed E-state index contributed by atoms with van der Waals surface area (Å²) in [5.41, 5.74) is 9.65. The van der Waals surface area contributed by atoms with E-state index >= 15 is 0 Å². The van der Waals surface area contributed by atoms with E-state index in [4.69, 9.17) is 5.73 Å². The van der Waals surface area contributed by atoms with Gasteiger partial charge in [-0.2, -0.15) is 0 Å². The highest BCUT2D eigenvalue weighted by Crippen LogP contribution is 2.25. The van der Waals surface area contributed by atoms with Crippen molar-refractivity contribution in [3.63, 3.8) is 0 Å². The summed E-state index contributed by atoms with van der Waals surface area (Å²) in [5, 5.41) is 2.78. The normalized spacial score (nSPS) is 13.1. The van der Waals surface area contributed by atoms with Crippen molar-refractivity contribution < 1.29 is 9.59 Å². The number of nitrogens with two attached hydrogens (primary N) is 1. The molecule has 2 aromatic rings. The van der Waals surface area contributed by atoms with Crippen molar-refractivity contribution in [3.8, 4) is 0 Å². The number of nitrogens with zero attached hydrogens (tertiary/aromatic N) is 2. The first-order chi connectivity index (χ1) is 12.1. The molecule has 126 valence electrons. The molecule has 0 radical (unpaired) electrons. The van der Waals surface area contributed by atoms with Gasteiger partial charge in [0, 0.05) is 42.1 Å². The minimum atomic E-state index is -0.489. The molecule has 0 saturated carbocycles. The molecule has 1 aromatic heterocycles. The molecule has 6 heteroatoms. The van der Waals surface area contributed by atoms with Crippen molar-refractivity contribution in [3.05, 3.63) is 66.0 Å². The summed E-state index contributed by atoms with van der Waals surface area (Å²) >= 11 is 0. The van der Waals surface area contributed by atoms with E-state index in [2.05, 4.69) is 21.4 Å². The van der Waals surface area contributed by atoms with E-state index in [1.165, 1.54) is 0 Å². The monoisotopic (exact) mass is 334 g/mol. The molecule has 0 aliphatic carbocycles. The maximum atomic E-state index is 11.9. The number of rotatable bonds is 6. The molecule has 0 fully saturated rings. The van der Waals surface area contributed by atoms with Gasteiger partial charge in [0.1, 0.15) is 0 Å². The van der Waals surface area contributed by atoms with E-state index in [0.717, 1.165) is 22.4 Å². The highest BCUT2D eigenvalue weighted by atomic mass is 16.2. The van der Waals surface area contributed by atoms with Gasteiger partial charge in [-0.25, -0.2) is 0 Å². The highest BCUT2D eigenvalue weighted by molar-refractivity contribution is 6.33. The van der Waals surface area contributed by atoms with Gasteiger partial charge in [-0.15, -0.1) is 0 Å². The third kappa shape index (κ3) is 4.17. The van der Waals surface area contributed by atoms with E-state index in [1.807, 2.05) is 30.3 Å². The predicted molar refractivity (Wildman–Crippen MR) is 97.1 cm³/mol. The Labute approximate surface area is 145 Å². The zero-order valence-electron chi connectivity index (χ0n) is 13.6. The number of hydrogen-bond donors (Lipinski definition) is 2. The zero-order chi connectivity index (χ0) is 17.6. The van der Waals surface area contributed by atoms with Crippen LogP contribution in [0.3, 0.4) is 0 Å². The van der Waals surface area contributed by atoms with Crippen LogP contribution in [0.15, 0.2) is 59.9 Å². The van der Waals surface area contributed by atoms with Gasteiger partial charge >= 0.3 is 0 Å². The Kier molecular flexibility index (Phi) is 4.99. The Balaban J connectivity index is 1.77. The molecule has 6 nitrogen and oxygen atoms in total. The Morgan fingerprint density at radius 3 is 2.64 bits per heavy atom. The molecular weight excluding hydrogens is 316 g/mol. The van der Waals surface area contributed by atoms with Crippen LogP contribution in [-0.4, -0.2) is 29.1 Å². The minimum absolute atomic E-state index is 0.0349. The fourth-order valence-electron chi connectivity index (χ4n) is 2.65. The van der Waals surface area contributed by atoms with Gasteiger partial charge in [0.2, 0.25) is 11.8 Å². The number of aromatic nitrogens is 1. The smallest absolute Gasteiger partial charge is 0.224 e. The van der Waals surface area contributed by atoms with Crippen molar-refractivity contribution in [1.29, 1.82) is 0 Å². The Morgan fingerprint density at radius 1 is 1.08 bits per heavy atom. The van der Waals surface area contributed by atoms with Crippen LogP contribution in [0.1, 0.15) is 24.0 Å². The summed E-state index contributed by atoms with van der Waals surface area (Å²) in [6.07, 6.45) is 5.68. The highest BCUT2D eigenvalue weighted by Gasteiger charge is 2.16. The van der Waals surface area contributed by atoms with Crippen LogP contribution in [0.25, 0.3) is 5.57 Å². The average Bonchev–Trinajstić information content (AvgIpc) is 3.11. The van der Waals surface area contributed by atoms with E-state index in [9.17, 15) is 9.59 Å². The topological polar surface area (TPSA) is 97.4 Å². The molecule has 3 rings (SSSR count). The van der Waals surface area contributed by atoms with Crippen LogP contribution in [0.2, 0.25) is 0 Å². The number of allylic oxidation sites excluding steroid dienone is 1. The van der Waals surface area contributed by atoms with Gasteiger partial charge in [-0.3, -0.25) is 19.6 Å². The molecule has 0 unspecified atom stereocenters. The first-order valence-corrected chi connectivity index (χ1v) is 7.97. The van der Waals surface area contributed by atoms with Crippen molar-refractivity contribution in [2.24, 2.45) is 10.7 Å². The number of amides is 2. The van der Waals surface area contributed by atoms with Crippen LogP contribution < -0.4 is 11.1 Å². The maximum Gasteiger partial charge on any atom is 0.224 e. The molecule has 3 N–H and O–H groups in total. The fraction of sp³-hybridized carbons (Fsp3) is 0.158. The molecule has 0 atom stereocenters. The molecule has 1 aliphatic rings. The fourth-order valence-corrected chi connectivity index (χ4v) is 2.65. The van der Waals surface area contributed by atoms with E-state index < -0.39 is 5.91 Å². The van der Waals surface area contributed by atoms with Crippen LogP contribution in [0.4, 0.5) is 5.69 Å². The maximum absolute atomic E-state index is 11.9. The zero-order valence-corrected chi connectivity index (χ0v) is 13.6. The van der Waals surface area contributed by atoms with E-state index in [0.29, 0.717) is 12.2 Å². The van der Waals surface area contributed by atoms with Gasteiger partial charge in [0.15, 0.2) is 0 Å². The molecule has 1 aromatic carbocycles. The summed E-state index contributed by atoms with van der Waals surface area (Å²) in [5.74, 6) is -0.731. The first kappa shape index (κ1) is 16.6. The Morgan fingerprint density at radius 2 is 1.88 bits per heavy atom. The summed E-state index contributed by atoms with van der Waals surface area (Å²) in [6.45, 7) is 0.627. The number of primary amides is 1. The molecule has 0 saturated heterocycles. The standard InChI is InChI=1S/C19H18N4O2/c20-17(24)4-5-18(25)23-15-3-1-2-14(12-15)19-16(8-11-22-19)13-6-9-21-10-7-13/h1-3,6-10,12H,4-5,11H2,(H2,20,24)(H,23,25). The third-order valence-electron chi connectivity index (χ3n) is 3.81. The molecule has 25 heavy (non-hydrogen) atoms. The number of aliphatic imine (C=N–C) groups is 1. The number of carbonyl (C=O) groups is 2. The number of carbonyl (C=O) groups excluding carboxylic acids is 2. The lowest BCUT2D eigenvalue weighted by Crippen LogP contribution is -2.17. The SMILES string of the molecule is NC(=O)CCC(=O)Nc1cccc(C2=NCC=C2c2ccncc2)c1. The first-order valence-electron chi connectivity index (χ1n) is 7.97. The number of anilines is 1. The van der Waals surface area contributed by atoms with Gasteiger partial charge in [0.05, 0.1) is 12.3 Å². The van der Waals surface area contributed by atoms with Crippen LogP contribution in [0.5, 0.6) is 0 Å². The van der Waals surface area contributed by atoms with Gasteiger partial charge in [0.25, 0.3) is 0 Å². The second-order valence-electron chi connectivity index (χ2n) is 5.64. The van der Waals surface area contributed by atoms with Crippen molar-refractivity contribution in [2.75, 3.05) is 11.9 Å². The molecule has 2 amide bonds. The van der Waals surface area contributed by atoms with Crippen molar-refractivity contribution >= 4 is 28.8 Å². The molecule has 0 spiro atoms. The number of benzene rings is 1. The summed E-state index contributed by atoms with van der Waals surface area (Å²) in [6, 6.07) is 11.4. The molecular formula is C19H18N4O2. The van der Waals surface area contributed by atoms with Gasteiger partial charge in [-0.05, 0) is 29.8 Å².